The van der Waals surface area contributed by atoms with Crippen molar-refractivity contribution >= 4 is 0 Å². The van der Waals surface area contributed by atoms with Gasteiger partial charge in [-0.3, -0.25) is 0 Å². The van der Waals surface area contributed by atoms with E-state index >= 15 is 4.39 Å². The molecule has 1 unspecified atom stereocenters. The van der Waals surface area contributed by atoms with Crippen molar-refractivity contribution in [3.05, 3.63) is 53.2 Å². The molecule has 1 aromatic heterocycles. The Hall–Kier alpha value is -1.89. The van der Waals surface area contributed by atoms with Crippen LogP contribution in [-0.4, -0.2) is 23.2 Å². The van der Waals surface area contributed by atoms with Crippen molar-refractivity contribution in [2.24, 2.45) is 5.73 Å². The molecule has 1 aliphatic rings. The van der Waals surface area contributed by atoms with Crippen LogP contribution in [0.1, 0.15) is 37.9 Å². The molecule has 0 spiro atoms. The van der Waals surface area contributed by atoms with Crippen molar-refractivity contribution in [1.82, 2.24) is 4.98 Å². The summed E-state index contributed by atoms with van der Waals surface area (Å²) in [6, 6.07) is 6.95. The predicted molar refractivity (Wildman–Crippen MR) is 90.8 cm³/mol. The Balaban J connectivity index is 2.23. The highest BCUT2D eigenvalue weighted by Crippen LogP contribution is 2.38. The lowest BCUT2D eigenvalue weighted by molar-refractivity contribution is 0.00377. The SMILES string of the molecule is CC(C)(O)c1cc(C2(CN)CCCO2)nc(-c2ccc(F)cc2)c1F. The fourth-order valence-electron chi connectivity index (χ4n) is 3.17. The van der Waals surface area contributed by atoms with E-state index in [2.05, 4.69) is 4.98 Å². The maximum Gasteiger partial charge on any atom is 0.155 e. The van der Waals surface area contributed by atoms with Gasteiger partial charge in [0.15, 0.2) is 5.82 Å². The molecule has 6 heteroatoms. The molecule has 0 bridgehead atoms. The van der Waals surface area contributed by atoms with Crippen LogP contribution in [0.25, 0.3) is 11.3 Å². The zero-order chi connectivity index (χ0) is 18.2. The molecule has 3 rings (SSSR count). The maximum atomic E-state index is 15.1. The number of aliphatic hydroxyl groups is 1. The number of nitrogens with zero attached hydrogens (tertiary/aromatic N) is 1. The van der Waals surface area contributed by atoms with Gasteiger partial charge in [-0.2, -0.15) is 0 Å². The molecule has 2 aromatic rings. The molecule has 25 heavy (non-hydrogen) atoms. The number of hydrogen-bond acceptors (Lipinski definition) is 4. The minimum atomic E-state index is -1.41. The molecule has 1 saturated heterocycles. The third-order valence-electron chi connectivity index (χ3n) is 4.63. The van der Waals surface area contributed by atoms with Gasteiger partial charge < -0.3 is 15.6 Å². The first-order valence-corrected chi connectivity index (χ1v) is 8.31. The Labute approximate surface area is 145 Å². The third kappa shape index (κ3) is 3.29. The summed E-state index contributed by atoms with van der Waals surface area (Å²) in [7, 11) is 0. The van der Waals surface area contributed by atoms with E-state index in [9.17, 15) is 9.50 Å². The lowest BCUT2D eigenvalue weighted by atomic mass is 9.89. The van der Waals surface area contributed by atoms with Crippen LogP contribution in [0.4, 0.5) is 8.78 Å². The second-order valence-corrected chi connectivity index (χ2v) is 6.93. The van der Waals surface area contributed by atoms with Crippen LogP contribution in [0.5, 0.6) is 0 Å². The summed E-state index contributed by atoms with van der Waals surface area (Å²) in [5.41, 5.74) is 4.82. The molecular weight excluding hydrogens is 326 g/mol. The van der Waals surface area contributed by atoms with Gasteiger partial charge in [-0.1, -0.05) is 0 Å². The molecule has 4 nitrogen and oxygen atoms in total. The van der Waals surface area contributed by atoms with Crippen molar-refractivity contribution in [3.8, 4) is 11.3 Å². The fourth-order valence-corrected chi connectivity index (χ4v) is 3.17. The Bertz CT molecular complexity index is 764. The Morgan fingerprint density at radius 1 is 1.28 bits per heavy atom. The van der Waals surface area contributed by atoms with E-state index < -0.39 is 22.8 Å². The predicted octanol–water partition coefficient (Wildman–Crippen LogP) is 3.22. The van der Waals surface area contributed by atoms with E-state index in [4.69, 9.17) is 10.5 Å². The molecule has 2 heterocycles. The Morgan fingerprint density at radius 2 is 1.96 bits per heavy atom. The number of rotatable bonds is 4. The lowest BCUT2D eigenvalue weighted by Gasteiger charge is -2.29. The first-order chi connectivity index (χ1) is 11.8. The van der Waals surface area contributed by atoms with Crippen LogP contribution in [-0.2, 0) is 15.9 Å². The van der Waals surface area contributed by atoms with E-state index in [1.807, 2.05) is 0 Å². The first kappa shape index (κ1) is 17.9. The van der Waals surface area contributed by atoms with Gasteiger partial charge in [0.1, 0.15) is 17.1 Å². The van der Waals surface area contributed by atoms with Crippen LogP contribution in [0.3, 0.4) is 0 Å². The molecular formula is C19H22F2N2O2. The summed E-state index contributed by atoms with van der Waals surface area (Å²) in [5, 5.41) is 10.4. The second-order valence-electron chi connectivity index (χ2n) is 6.93. The average molecular weight is 348 g/mol. The topological polar surface area (TPSA) is 68.4 Å². The van der Waals surface area contributed by atoms with E-state index in [-0.39, 0.29) is 17.8 Å². The smallest absolute Gasteiger partial charge is 0.155 e. The molecule has 0 aliphatic carbocycles. The van der Waals surface area contributed by atoms with Crippen molar-refractivity contribution in [1.29, 1.82) is 0 Å². The van der Waals surface area contributed by atoms with Gasteiger partial charge in [-0.25, -0.2) is 13.8 Å². The fraction of sp³-hybridized carbons (Fsp3) is 0.421. The second kappa shape index (κ2) is 6.44. The standard InChI is InChI=1S/C19H22F2N2O2/c1-18(2,24)14-10-15(19(11-22)8-3-9-25-19)23-17(16(14)21)12-4-6-13(20)7-5-12/h4-7,10,24H,3,8-9,11,22H2,1-2H3. The third-order valence-corrected chi connectivity index (χ3v) is 4.63. The molecule has 0 amide bonds. The zero-order valence-electron chi connectivity index (χ0n) is 14.4. The number of halogens is 2. The number of aromatic nitrogens is 1. The number of benzene rings is 1. The molecule has 0 radical (unpaired) electrons. The maximum absolute atomic E-state index is 15.1. The Morgan fingerprint density at radius 3 is 2.48 bits per heavy atom. The summed E-state index contributed by atoms with van der Waals surface area (Å²) in [6.45, 7) is 3.78. The van der Waals surface area contributed by atoms with Crippen LogP contribution in [0.2, 0.25) is 0 Å². The molecule has 1 aromatic carbocycles. The lowest BCUT2D eigenvalue weighted by Crippen LogP contribution is -2.36. The van der Waals surface area contributed by atoms with Crippen molar-refractivity contribution in [2.45, 2.75) is 37.9 Å². The molecule has 134 valence electrons. The highest BCUT2D eigenvalue weighted by molar-refractivity contribution is 5.62. The quantitative estimate of drug-likeness (QED) is 0.890. The number of hydrogen-bond donors (Lipinski definition) is 2. The number of pyridine rings is 1. The van der Waals surface area contributed by atoms with E-state index in [0.717, 1.165) is 6.42 Å². The van der Waals surface area contributed by atoms with Gasteiger partial charge in [-0.15, -0.1) is 0 Å². The van der Waals surface area contributed by atoms with Gasteiger partial charge in [0.25, 0.3) is 0 Å². The highest BCUT2D eigenvalue weighted by atomic mass is 19.1. The summed E-state index contributed by atoms with van der Waals surface area (Å²) >= 11 is 0. The summed E-state index contributed by atoms with van der Waals surface area (Å²) < 4.78 is 34.1. The minimum Gasteiger partial charge on any atom is -0.386 e. The molecule has 1 fully saturated rings. The van der Waals surface area contributed by atoms with Gasteiger partial charge >= 0.3 is 0 Å². The monoisotopic (exact) mass is 348 g/mol. The van der Waals surface area contributed by atoms with E-state index in [1.54, 1.807) is 0 Å². The van der Waals surface area contributed by atoms with Crippen molar-refractivity contribution in [2.75, 3.05) is 13.2 Å². The summed E-state index contributed by atoms with van der Waals surface area (Å²) in [5.74, 6) is -1.05. The normalized spacial score (nSPS) is 20.9. The van der Waals surface area contributed by atoms with Crippen LogP contribution in [0.15, 0.2) is 30.3 Å². The number of ether oxygens (including phenoxy) is 1. The molecule has 1 aliphatic heterocycles. The number of nitrogens with two attached hydrogens (primary N) is 1. The van der Waals surface area contributed by atoms with E-state index in [0.29, 0.717) is 24.3 Å². The first-order valence-electron chi connectivity index (χ1n) is 8.31. The van der Waals surface area contributed by atoms with Crippen molar-refractivity contribution < 1.29 is 18.6 Å². The van der Waals surface area contributed by atoms with Gasteiger partial charge in [-0.05, 0) is 57.0 Å². The van der Waals surface area contributed by atoms with Gasteiger partial charge in [0.2, 0.25) is 0 Å². The van der Waals surface area contributed by atoms with Gasteiger partial charge in [0, 0.05) is 24.3 Å². The van der Waals surface area contributed by atoms with Crippen LogP contribution >= 0.6 is 0 Å². The van der Waals surface area contributed by atoms with E-state index in [1.165, 1.54) is 44.2 Å². The highest BCUT2D eigenvalue weighted by Gasteiger charge is 2.39. The zero-order valence-corrected chi connectivity index (χ0v) is 14.4. The Kier molecular flexibility index (Phi) is 4.62. The minimum absolute atomic E-state index is 0.0537. The van der Waals surface area contributed by atoms with Gasteiger partial charge in [0.05, 0.1) is 11.3 Å². The molecule has 0 saturated carbocycles. The van der Waals surface area contributed by atoms with Crippen LogP contribution < -0.4 is 5.73 Å². The average Bonchev–Trinajstić information content (AvgIpc) is 3.05. The molecule has 3 N–H and O–H groups in total. The largest absolute Gasteiger partial charge is 0.386 e. The summed E-state index contributed by atoms with van der Waals surface area (Å²) in [6.07, 6.45) is 1.51. The van der Waals surface area contributed by atoms with Crippen LogP contribution in [0, 0.1) is 11.6 Å². The summed E-state index contributed by atoms with van der Waals surface area (Å²) in [4.78, 5) is 4.46. The molecule has 1 atom stereocenters. The van der Waals surface area contributed by atoms with Crippen molar-refractivity contribution in [3.63, 3.8) is 0 Å².